The lowest BCUT2D eigenvalue weighted by Crippen LogP contribution is -2.56. The number of carbonyl (C=O) groups is 2. The summed E-state index contributed by atoms with van der Waals surface area (Å²) in [6.07, 6.45) is 4.47. The SMILES string of the molecule is CC(C)C(C)(CC(=O)N1CCOC2CCCCC21)C(=O)O. The van der Waals surface area contributed by atoms with Crippen LogP contribution in [0, 0.1) is 11.3 Å². The van der Waals surface area contributed by atoms with Crippen LogP contribution >= 0.6 is 0 Å². The van der Waals surface area contributed by atoms with Crippen molar-refractivity contribution in [1.29, 1.82) is 0 Å². The molecule has 1 N–H and O–H groups in total. The Morgan fingerprint density at radius 3 is 2.62 bits per heavy atom. The minimum Gasteiger partial charge on any atom is -0.481 e. The van der Waals surface area contributed by atoms with Crippen LogP contribution in [0.5, 0.6) is 0 Å². The monoisotopic (exact) mass is 297 g/mol. The normalized spacial score (nSPS) is 28.9. The van der Waals surface area contributed by atoms with E-state index in [0.29, 0.717) is 13.2 Å². The molecule has 120 valence electrons. The summed E-state index contributed by atoms with van der Waals surface area (Å²) in [4.78, 5) is 26.1. The molecule has 1 aliphatic heterocycles. The van der Waals surface area contributed by atoms with E-state index in [2.05, 4.69) is 0 Å². The van der Waals surface area contributed by atoms with Crippen LogP contribution in [0.3, 0.4) is 0 Å². The van der Waals surface area contributed by atoms with Crippen molar-refractivity contribution in [3.63, 3.8) is 0 Å². The number of fused-ring (bicyclic) bond motifs is 1. The molecule has 2 fully saturated rings. The maximum atomic E-state index is 12.7. The zero-order chi connectivity index (χ0) is 15.6. The molecule has 0 aromatic carbocycles. The van der Waals surface area contributed by atoms with Gasteiger partial charge in [-0.2, -0.15) is 0 Å². The van der Waals surface area contributed by atoms with Gasteiger partial charge in [0.25, 0.3) is 0 Å². The van der Waals surface area contributed by atoms with Crippen LogP contribution in [0.1, 0.15) is 52.9 Å². The van der Waals surface area contributed by atoms with E-state index >= 15 is 0 Å². The molecule has 2 rings (SSSR count). The summed E-state index contributed by atoms with van der Waals surface area (Å²) in [5.41, 5.74) is -1.00. The maximum absolute atomic E-state index is 12.7. The van der Waals surface area contributed by atoms with Crippen LogP contribution in [-0.2, 0) is 14.3 Å². The third-order valence-corrected chi connectivity index (χ3v) is 5.33. The quantitative estimate of drug-likeness (QED) is 0.864. The van der Waals surface area contributed by atoms with Gasteiger partial charge < -0.3 is 14.7 Å². The van der Waals surface area contributed by atoms with Crippen LogP contribution in [0.2, 0.25) is 0 Å². The number of carbonyl (C=O) groups excluding carboxylic acids is 1. The van der Waals surface area contributed by atoms with Gasteiger partial charge in [0, 0.05) is 13.0 Å². The molecule has 1 heterocycles. The molecular weight excluding hydrogens is 270 g/mol. The van der Waals surface area contributed by atoms with E-state index in [4.69, 9.17) is 4.74 Å². The summed E-state index contributed by atoms with van der Waals surface area (Å²) in [5, 5.41) is 9.49. The van der Waals surface area contributed by atoms with Gasteiger partial charge in [0.05, 0.1) is 24.2 Å². The molecule has 3 atom stereocenters. The second kappa shape index (κ2) is 6.34. The van der Waals surface area contributed by atoms with E-state index in [9.17, 15) is 14.7 Å². The zero-order valence-corrected chi connectivity index (χ0v) is 13.3. The van der Waals surface area contributed by atoms with E-state index < -0.39 is 11.4 Å². The van der Waals surface area contributed by atoms with E-state index in [-0.39, 0.29) is 30.4 Å². The second-order valence-electron chi connectivity index (χ2n) is 6.90. The summed E-state index contributed by atoms with van der Waals surface area (Å²) >= 11 is 0. The van der Waals surface area contributed by atoms with Crippen LogP contribution in [0.15, 0.2) is 0 Å². The van der Waals surface area contributed by atoms with Crippen LogP contribution < -0.4 is 0 Å². The Hall–Kier alpha value is -1.10. The first-order chi connectivity index (χ1) is 9.86. The molecule has 0 bridgehead atoms. The first-order valence-electron chi connectivity index (χ1n) is 8.00. The highest BCUT2D eigenvalue weighted by atomic mass is 16.5. The summed E-state index contributed by atoms with van der Waals surface area (Å²) in [5.74, 6) is -1.00. The highest BCUT2D eigenvalue weighted by Crippen LogP contribution is 2.34. The lowest BCUT2D eigenvalue weighted by Gasteiger charge is -2.44. The Kier molecular flexibility index (Phi) is 4.91. The van der Waals surface area contributed by atoms with Crippen molar-refractivity contribution in [3.05, 3.63) is 0 Å². The fraction of sp³-hybridized carbons (Fsp3) is 0.875. The number of aliphatic carboxylic acids is 1. The van der Waals surface area contributed by atoms with Gasteiger partial charge in [-0.15, -0.1) is 0 Å². The van der Waals surface area contributed by atoms with Crippen molar-refractivity contribution in [2.75, 3.05) is 13.2 Å². The molecule has 1 saturated carbocycles. The standard InChI is InChI=1S/C16H27NO4/c1-11(2)16(3,15(19)20)10-14(18)17-8-9-21-13-7-5-4-6-12(13)17/h11-13H,4-10H2,1-3H3,(H,19,20). The van der Waals surface area contributed by atoms with Gasteiger partial charge in [-0.1, -0.05) is 26.7 Å². The number of rotatable bonds is 4. The Morgan fingerprint density at radius 2 is 2.00 bits per heavy atom. The Morgan fingerprint density at radius 1 is 1.33 bits per heavy atom. The molecule has 0 aromatic heterocycles. The van der Waals surface area contributed by atoms with Gasteiger partial charge in [0.2, 0.25) is 5.91 Å². The fourth-order valence-corrected chi connectivity index (χ4v) is 3.35. The molecule has 0 radical (unpaired) electrons. The van der Waals surface area contributed by atoms with Crippen molar-refractivity contribution in [1.82, 2.24) is 4.90 Å². The number of amides is 1. The van der Waals surface area contributed by atoms with Crippen molar-refractivity contribution in [3.8, 4) is 0 Å². The zero-order valence-electron chi connectivity index (χ0n) is 13.3. The summed E-state index contributed by atoms with van der Waals surface area (Å²) < 4.78 is 5.78. The highest BCUT2D eigenvalue weighted by molar-refractivity contribution is 5.85. The van der Waals surface area contributed by atoms with Crippen LogP contribution in [0.25, 0.3) is 0 Å². The van der Waals surface area contributed by atoms with E-state index in [0.717, 1.165) is 25.7 Å². The minimum atomic E-state index is -1.00. The number of ether oxygens (including phenoxy) is 1. The van der Waals surface area contributed by atoms with Crippen molar-refractivity contribution < 1.29 is 19.4 Å². The average Bonchev–Trinajstić information content (AvgIpc) is 2.46. The summed E-state index contributed by atoms with van der Waals surface area (Å²) in [6, 6.07) is 0.144. The van der Waals surface area contributed by atoms with Gasteiger partial charge in [-0.05, 0) is 25.7 Å². The van der Waals surface area contributed by atoms with Crippen molar-refractivity contribution in [2.45, 2.75) is 65.0 Å². The lowest BCUT2D eigenvalue weighted by molar-refractivity contribution is -0.161. The van der Waals surface area contributed by atoms with Crippen molar-refractivity contribution >= 4 is 11.9 Å². The van der Waals surface area contributed by atoms with Crippen molar-refractivity contribution in [2.24, 2.45) is 11.3 Å². The Balaban J connectivity index is 2.09. The lowest BCUT2D eigenvalue weighted by atomic mass is 9.75. The largest absolute Gasteiger partial charge is 0.481 e. The first-order valence-corrected chi connectivity index (χ1v) is 8.00. The molecule has 5 nitrogen and oxygen atoms in total. The van der Waals surface area contributed by atoms with E-state index in [1.165, 1.54) is 0 Å². The molecular formula is C16H27NO4. The highest BCUT2D eigenvalue weighted by Gasteiger charge is 2.43. The molecule has 1 amide bonds. The Labute approximate surface area is 126 Å². The summed E-state index contributed by atoms with van der Waals surface area (Å²) in [6.45, 7) is 6.57. The predicted octanol–water partition coefficient (Wildman–Crippen LogP) is 2.29. The average molecular weight is 297 g/mol. The molecule has 0 spiro atoms. The number of nitrogens with zero attached hydrogens (tertiary/aromatic N) is 1. The van der Waals surface area contributed by atoms with E-state index in [1.54, 1.807) is 6.92 Å². The molecule has 0 aromatic rings. The van der Waals surface area contributed by atoms with Gasteiger partial charge in [0.1, 0.15) is 0 Å². The van der Waals surface area contributed by atoms with Crippen LogP contribution in [-0.4, -0.2) is 47.2 Å². The number of carboxylic acids is 1. The molecule has 1 saturated heterocycles. The van der Waals surface area contributed by atoms with Gasteiger partial charge in [0.15, 0.2) is 0 Å². The van der Waals surface area contributed by atoms with Crippen LogP contribution in [0.4, 0.5) is 0 Å². The van der Waals surface area contributed by atoms with Gasteiger partial charge in [-0.3, -0.25) is 9.59 Å². The smallest absolute Gasteiger partial charge is 0.310 e. The minimum absolute atomic E-state index is 0.0335. The first kappa shape index (κ1) is 16.3. The number of morpholine rings is 1. The third kappa shape index (κ3) is 3.23. The molecule has 5 heteroatoms. The third-order valence-electron chi connectivity index (χ3n) is 5.33. The second-order valence-corrected chi connectivity index (χ2v) is 6.90. The number of carboxylic acid groups (broad SMARTS) is 1. The van der Waals surface area contributed by atoms with E-state index in [1.807, 2.05) is 18.7 Å². The molecule has 21 heavy (non-hydrogen) atoms. The fourth-order valence-electron chi connectivity index (χ4n) is 3.35. The van der Waals surface area contributed by atoms with Gasteiger partial charge in [-0.25, -0.2) is 0 Å². The molecule has 3 unspecified atom stereocenters. The van der Waals surface area contributed by atoms with Gasteiger partial charge >= 0.3 is 5.97 Å². The summed E-state index contributed by atoms with van der Waals surface area (Å²) in [7, 11) is 0. The Bertz CT molecular complexity index is 407. The molecule has 1 aliphatic carbocycles. The molecule has 2 aliphatic rings. The number of hydrogen-bond donors (Lipinski definition) is 1. The maximum Gasteiger partial charge on any atom is 0.310 e. The topological polar surface area (TPSA) is 66.8 Å². The predicted molar refractivity (Wildman–Crippen MR) is 78.9 cm³/mol. The number of hydrogen-bond acceptors (Lipinski definition) is 3.